The number of hydrogen-bond donors (Lipinski definition) is 1. The fourth-order valence-electron chi connectivity index (χ4n) is 4.03. The molecule has 0 saturated heterocycles. The molecule has 0 bridgehead atoms. The van der Waals surface area contributed by atoms with Gasteiger partial charge in [0, 0.05) is 61.5 Å². The summed E-state index contributed by atoms with van der Waals surface area (Å²) in [6, 6.07) is 10.1. The highest BCUT2D eigenvalue weighted by atomic mass is 35.5. The Bertz CT molecular complexity index is 1370. The number of rotatable bonds is 4. The van der Waals surface area contributed by atoms with Crippen molar-refractivity contribution < 1.29 is 13.5 Å². The van der Waals surface area contributed by atoms with E-state index in [4.69, 9.17) is 9.72 Å². The Kier molecular flexibility index (Phi) is 5.99. The lowest BCUT2D eigenvalue weighted by molar-refractivity contribution is 0.298. The van der Waals surface area contributed by atoms with Crippen molar-refractivity contribution in [3.63, 3.8) is 0 Å². The molecule has 5 rings (SSSR count). The van der Waals surface area contributed by atoms with Gasteiger partial charge in [0.25, 0.3) is 5.56 Å². The van der Waals surface area contributed by atoms with Gasteiger partial charge in [0.2, 0.25) is 0 Å². The third-order valence-corrected chi connectivity index (χ3v) is 5.64. The van der Waals surface area contributed by atoms with Gasteiger partial charge < -0.3 is 14.6 Å². The van der Waals surface area contributed by atoms with Gasteiger partial charge in [-0.25, -0.2) is 13.8 Å². The molecule has 0 atom stereocenters. The predicted octanol–water partition coefficient (Wildman–Crippen LogP) is 3.65. The molecule has 3 aromatic heterocycles. The summed E-state index contributed by atoms with van der Waals surface area (Å²) >= 11 is 0. The van der Waals surface area contributed by atoms with E-state index < -0.39 is 11.6 Å². The van der Waals surface area contributed by atoms with E-state index >= 15 is 0 Å². The van der Waals surface area contributed by atoms with Crippen molar-refractivity contribution in [3.8, 4) is 11.6 Å². The topological polar surface area (TPSA) is 61.1 Å². The molecule has 1 aliphatic rings. The van der Waals surface area contributed by atoms with Gasteiger partial charge in [-0.05, 0) is 35.9 Å². The minimum absolute atomic E-state index is 0. The van der Waals surface area contributed by atoms with E-state index in [-0.39, 0.29) is 30.1 Å². The van der Waals surface area contributed by atoms with Crippen LogP contribution in [0.4, 0.5) is 8.78 Å². The number of aryl methyl sites for hydroxylation is 1. The van der Waals surface area contributed by atoms with Crippen LogP contribution in [0.3, 0.4) is 0 Å². The molecule has 0 fully saturated rings. The molecular weight excluding hydrogens is 438 g/mol. The van der Waals surface area contributed by atoms with Crippen LogP contribution in [0.1, 0.15) is 16.8 Å². The van der Waals surface area contributed by atoms with Crippen LogP contribution in [-0.2, 0) is 26.6 Å². The molecule has 1 aromatic carbocycles. The molecule has 0 radical (unpaired) electrons. The molecule has 166 valence electrons. The highest BCUT2D eigenvalue weighted by molar-refractivity contribution is 5.85. The van der Waals surface area contributed by atoms with Crippen LogP contribution in [0.5, 0.6) is 5.75 Å². The van der Waals surface area contributed by atoms with Crippen LogP contribution in [0.15, 0.2) is 53.5 Å². The molecule has 1 aliphatic heterocycles. The number of nitrogens with zero attached hydrogens (tertiary/aromatic N) is 3. The summed E-state index contributed by atoms with van der Waals surface area (Å²) in [6.45, 7) is 1.64. The number of aromatic nitrogens is 3. The third kappa shape index (κ3) is 3.87. The summed E-state index contributed by atoms with van der Waals surface area (Å²) in [5.74, 6) is -0.527. The van der Waals surface area contributed by atoms with Crippen LogP contribution in [0, 0.1) is 11.6 Å². The third-order valence-electron chi connectivity index (χ3n) is 5.64. The van der Waals surface area contributed by atoms with Crippen molar-refractivity contribution in [2.75, 3.05) is 6.54 Å². The quantitative estimate of drug-likeness (QED) is 0.507. The SMILES string of the molecule is Cl.Cn1c2c(c3ccc(-n4ccc(OCc5ccc(F)cc5F)cc4=O)nc31)CNCC2. The second-order valence-electron chi connectivity index (χ2n) is 7.55. The lowest BCUT2D eigenvalue weighted by Gasteiger charge is -2.14. The zero-order chi connectivity index (χ0) is 21.5. The standard InChI is InChI=1S/C23H20F2N4O2.ClH/c1-28-20-6-8-26-12-18(20)17-4-5-21(27-23(17)28)29-9-7-16(11-22(29)30)31-13-14-2-3-15(24)10-19(14)25;/h2-5,7,9-11,26H,6,8,12-13H2,1H3;1H. The van der Waals surface area contributed by atoms with Gasteiger partial charge in [0.15, 0.2) is 0 Å². The first-order valence-corrected chi connectivity index (χ1v) is 9.99. The van der Waals surface area contributed by atoms with E-state index in [2.05, 4.69) is 9.88 Å². The molecule has 1 N–H and O–H groups in total. The lowest BCUT2D eigenvalue weighted by Crippen LogP contribution is -2.24. The van der Waals surface area contributed by atoms with Crippen LogP contribution in [0.25, 0.3) is 16.9 Å². The fourth-order valence-corrected chi connectivity index (χ4v) is 4.03. The molecular formula is C23H21ClF2N4O2. The highest BCUT2D eigenvalue weighted by Gasteiger charge is 2.19. The van der Waals surface area contributed by atoms with Gasteiger partial charge >= 0.3 is 0 Å². The Morgan fingerprint density at radius 2 is 2.00 bits per heavy atom. The Balaban J connectivity index is 0.00000245. The van der Waals surface area contributed by atoms with Crippen molar-refractivity contribution in [1.29, 1.82) is 0 Å². The summed E-state index contributed by atoms with van der Waals surface area (Å²) in [7, 11) is 2.00. The predicted molar refractivity (Wildman–Crippen MR) is 120 cm³/mol. The molecule has 4 heterocycles. The lowest BCUT2D eigenvalue weighted by atomic mass is 10.1. The Hall–Kier alpha value is -3.23. The summed E-state index contributed by atoms with van der Waals surface area (Å²) in [4.78, 5) is 17.4. The minimum atomic E-state index is -0.689. The molecule has 6 nitrogen and oxygen atoms in total. The van der Waals surface area contributed by atoms with Crippen molar-refractivity contribution >= 4 is 23.4 Å². The smallest absolute Gasteiger partial charge is 0.259 e. The minimum Gasteiger partial charge on any atom is -0.489 e. The van der Waals surface area contributed by atoms with Crippen LogP contribution >= 0.6 is 12.4 Å². The monoisotopic (exact) mass is 458 g/mol. The largest absolute Gasteiger partial charge is 0.489 e. The maximum absolute atomic E-state index is 13.8. The average Bonchev–Trinajstić information content (AvgIpc) is 3.05. The summed E-state index contributed by atoms with van der Waals surface area (Å²) in [6.07, 6.45) is 2.52. The first-order valence-electron chi connectivity index (χ1n) is 9.99. The van der Waals surface area contributed by atoms with Crippen molar-refractivity contribution in [2.24, 2.45) is 7.05 Å². The van der Waals surface area contributed by atoms with E-state index in [0.717, 1.165) is 36.6 Å². The van der Waals surface area contributed by atoms with E-state index in [1.165, 1.54) is 34.0 Å². The van der Waals surface area contributed by atoms with Gasteiger partial charge in [-0.2, -0.15) is 0 Å². The fraction of sp³-hybridized carbons (Fsp3) is 0.217. The second kappa shape index (κ2) is 8.72. The molecule has 4 aromatic rings. The maximum atomic E-state index is 13.8. The van der Waals surface area contributed by atoms with Crippen molar-refractivity contribution in [2.45, 2.75) is 19.6 Å². The number of ether oxygens (including phenoxy) is 1. The normalized spacial score (nSPS) is 13.0. The first kappa shape index (κ1) is 22.0. The molecule has 0 aliphatic carbocycles. The number of nitrogens with one attached hydrogen (secondary N) is 1. The summed E-state index contributed by atoms with van der Waals surface area (Å²) < 4.78 is 35.8. The molecule has 0 amide bonds. The van der Waals surface area contributed by atoms with E-state index in [9.17, 15) is 13.6 Å². The molecule has 32 heavy (non-hydrogen) atoms. The van der Waals surface area contributed by atoms with Crippen LogP contribution in [0.2, 0.25) is 0 Å². The summed E-state index contributed by atoms with van der Waals surface area (Å²) in [5, 5.41) is 4.47. The van der Waals surface area contributed by atoms with E-state index in [1.54, 1.807) is 12.3 Å². The zero-order valence-electron chi connectivity index (χ0n) is 17.3. The Labute approximate surface area is 188 Å². The Morgan fingerprint density at radius 3 is 2.78 bits per heavy atom. The Morgan fingerprint density at radius 1 is 1.16 bits per heavy atom. The van der Waals surface area contributed by atoms with E-state index in [0.29, 0.717) is 11.6 Å². The molecule has 0 spiro atoms. The molecule has 0 unspecified atom stereocenters. The van der Waals surface area contributed by atoms with Crippen molar-refractivity contribution in [1.82, 2.24) is 19.4 Å². The van der Waals surface area contributed by atoms with Gasteiger partial charge in [0.05, 0.1) is 0 Å². The first-order chi connectivity index (χ1) is 15.0. The van der Waals surface area contributed by atoms with E-state index in [1.807, 2.05) is 19.2 Å². The van der Waals surface area contributed by atoms with Gasteiger partial charge in [-0.15, -0.1) is 12.4 Å². The zero-order valence-corrected chi connectivity index (χ0v) is 18.1. The number of pyridine rings is 2. The van der Waals surface area contributed by atoms with Crippen molar-refractivity contribution in [3.05, 3.63) is 87.5 Å². The van der Waals surface area contributed by atoms with Crippen LogP contribution in [-0.4, -0.2) is 20.7 Å². The van der Waals surface area contributed by atoms with Gasteiger partial charge in [-0.3, -0.25) is 9.36 Å². The van der Waals surface area contributed by atoms with Gasteiger partial charge in [0.1, 0.15) is 35.5 Å². The molecule has 9 heteroatoms. The average molecular weight is 459 g/mol. The number of halogens is 3. The van der Waals surface area contributed by atoms with Crippen LogP contribution < -0.4 is 15.6 Å². The molecule has 0 saturated carbocycles. The second-order valence-corrected chi connectivity index (χ2v) is 7.55. The highest BCUT2D eigenvalue weighted by Crippen LogP contribution is 2.27. The maximum Gasteiger partial charge on any atom is 0.259 e. The number of benzene rings is 1. The van der Waals surface area contributed by atoms with Gasteiger partial charge in [-0.1, -0.05) is 0 Å². The number of hydrogen-bond acceptors (Lipinski definition) is 4. The number of fused-ring (bicyclic) bond motifs is 3. The summed E-state index contributed by atoms with van der Waals surface area (Å²) in [5.41, 5.74) is 3.25.